The highest BCUT2D eigenvalue weighted by atomic mass is 32.1. The lowest BCUT2D eigenvalue weighted by atomic mass is 9.82. The van der Waals surface area contributed by atoms with Crippen molar-refractivity contribution in [3.05, 3.63) is 71.3 Å². The number of aliphatic hydroxyl groups excluding tert-OH is 1. The van der Waals surface area contributed by atoms with Crippen LogP contribution in [0.5, 0.6) is 11.5 Å². The van der Waals surface area contributed by atoms with E-state index in [9.17, 15) is 10.2 Å². The molecular formula is C33H40N2O4S. The molecule has 7 heteroatoms. The van der Waals surface area contributed by atoms with Crippen molar-refractivity contribution in [2.45, 2.75) is 51.5 Å². The van der Waals surface area contributed by atoms with Crippen LogP contribution in [-0.2, 0) is 11.2 Å². The van der Waals surface area contributed by atoms with Gasteiger partial charge in [-0.25, -0.2) is 4.90 Å². The molecule has 2 aliphatic heterocycles. The Labute approximate surface area is 241 Å². The molecule has 6 rings (SSSR count). The summed E-state index contributed by atoms with van der Waals surface area (Å²) in [6.45, 7) is 7.36. The lowest BCUT2D eigenvalue weighted by molar-refractivity contribution is -0.126. The van der Waals surface area contributed by atoms with Crippen LogP contribution in [0.15, 0.2) is 65.8 Å². The van der Waals surface area contributed by atoms with Gasteiger partial charge in [0.2, 0.25) is 0 Å². The summed E-state index contributed by atoms with van der Waals surface area (Å²) < 4.78 is 13.0. The Morgan fingerprint density at radius 2 is 1.65 bits per heavy atom. The molecule has 0 spiro atoms. The molecule has 212 valence electrons. The number of likely N-dealkylation sites (tertiary alicyclic amines) is 2. The molecule has 3 heterocycles. The number of rotatable bonds is 9. The number of thiophene rings is 1. The molecule has 40 heavy (non-hydrogen) atoms. The fourth-order valence-electron chi connectivity index (χ4n) is 6.49. The van der Waals surface area contributed by atoms with Gasteiger partial charge in [-0.05, 0) is 110 Å². The van der Waals surface area contributed by atoms with Crippen LogP contribution < -0.4 is 4.74 Å². The van der Waals surface area contributed by atoms with Crippen LogP contribution in [0, 0.1) is 5.92 Å². The topological polar surface area (TPSA) is 65.4 Å². The van der Waals surface area contributed by atoms with Gasteiger partial charge >= 0.3 is 0 Å². The number of aliphatic hydroxyl groups is 1. The van der Waals surface area contributed by atoms with Crippen molar-refractivity contribution in [3.63, 3.8) is 0 Å². The van der Waals surface area contributed by atoms with Gasteiger partial charge in [-0.2, -0.15) is 0 Å². The number of phenols is 1. The Morgan fingerprint density at radius 3 is 2.38 bits per heavy atom. The van der Waals surface area contributed by atoms with Gasteiger partial charge in [-0.1, -0.05) is 24.6 Å². The van der Waals surface area contributed by atoms with Gasteiger partial charge in [0.25, 0.3) is 6.41 Å². The molecule has 0 bridgehead atoms. The highest BCUT2D eigenvalue weighted by Crippen LogP contribution is 2.43. The van der Waals surface area contributed by atoms with Gasteiger partial charge in [-0.3, -0.25) is 4.90 Å². The molecule has 3 aromatic rings. The molecule has 3 aliphatic rings. The van der Waals surface area contributed by atoms with Gasteiger partial charge < -0.3 is 19.7 Å². The van der Waals surface area contributed by atoms with Crippen LogP contribution in [0.1, 0.15) is 38.2 Å². The van der Waals surface area contributed by atoms with Crippen molar-refractivity contribution in [1.82, 2.24) is 9.80 Å². The summed E-state index contributed by atoms with van der Waals surface area (Å²) in [6.07, 6.45) is 9.37. The van der Waals surface area contributed by atoms with Crippen molar-refractivity contribution in [2.75, 3.05) is 39.8 Å². The maximum atomic E-state index is 10.5. The number of hydrogen-bond acceptors (Lipinski definition) is 7. The Bertz CT molecular complexity index is 1380. The largest absolute Gasteiger partial charge is 0.508 e. The summed E-state index contributed by atoms with van der Waals surface area (Å²) >= 11 is 1.71. The van der Waals surface area contributed by atoms with E-state index in [1.165, 1.54) is 52.9 Å². The maximum absolute atomic E-state index is 10.5. The molecule has 3 atom stereocenters. The minimum atomic E-state index is -0.909. The zero-order valence-electron chi connectivity index (χ0n) is 23.5. The van der Waals surface area contributed by atoms with E-state index in [0.29, 0.717) is 5.75 Å². The van der Waals surface area contributed by atoms with Crippen molar-refractivity contribution in [3.8, 4) is 21.9 Å². The monoisotopic (exact) mass is 560 g/mol. The predicted octanol–water partition coefficient (Wildman–Crippen LogP) is 6.18. The van der Waals surface area contributed by atoms with Gasteiger partial charge in [0.15, 0.2) is 0 Å². The summed E-state index contributed by atoms with van der Waals surface area (Å²) in [4.78, 5) is 5.70. The van der Waals surface area contributed by atoms with Crippen molar-refractivity contribution >= 4 is 21.4 Å². The molecule has 2 aromatic carbocycles. The van der Waals surface area contributed by atoms with Crippen molar-refractivity contribution in [2.24, 2.45) is 5.92 Å². The molecule has 0 radical (unpaired) electrons. The zero-order valence-corrected chi connectivity index (χ0v) is 24.3. The number of benzene rings is 2. The first-order valence-corrected chi connectivity index (χ1v) is 15.4. The Kier molecular flexibility index (Phi) is 8.28. The maximum Gasteiger partial charge on any atom is 0.259 e. The lowest BCUT2D eigenvalue weighted by Gasteiger charge is -2.32. The zero-order chi connectivity index (χ0) is 27.6. The summed E-state index contributed by atoms with van der Waals surface area (Å²) in [5, 5.41) is 21.8. The SMILES string of the molecule is COC1C(CN2CCCC2)=CC=C(Cc2c(-c3ccc(OC(O)N4CCCC4)cc3)sc3cc(O)ccc23)C1C. The minimum Gasteiger partial charge on any atom is -0.508 e. The smallest absolute Gasteiger partial charge is 0.259 e. The number of nitrogens with zero attached hydrogens (tertiary/aromatic N) is 2. The number of hydrogen-bond donors (Lipinski definition) is 2. The van der Waals surface area contributed by atoms with E-state index in [4.69, 9.17) is 9.47 Å². The highest BCUT2D eigenvalue weighted by Gasteiger charge is 2.30. The van der Waals surface area contributed by atoms with E-state index in [0.717, 1.165) is 49.2 Å². The van der Waals surface area contributed by atoms with Crippen molar-refractivity contribution in [1.29, 1.82) is 0 Å². The molecule has 2 saturated heterocycles. The van der Waals surface area contributed by atoms with Crippen LogP contribution in [0.3, 0.4) is 0 Å². The number of allylic oxidation sites excluding steroid dienone is 2. The van der Waals surface area contributed by atoms with Gasteiger partial charge in [-0.15, -0.1) is 11.3 Å². The second-order valence-electron chi connectivity index (χ2n) is 11.4. The Hall–Kier alpha value is -2.68. The molecule has 6 nitrogen and oxygen atoms in total. The van der Waals surface area contributed by atoms with E-state index in [1.54, 1.807) is 17.4 Å². The van der Waals surface area contributed by atoms with Crippen LogP contribution in [-0.4, -0.2) is 72.4 Å². The van der Waals surface area contributed by atoms with E-state index >= 15 is 0 Å². The average molecular weight is 561 g/mol. The number of phenolic OH excluding ortho intramolecular Hbond substituents is 1. The van der Waals surface area contributed by atoms with Gasteiger partial charge in [0.1, 0.15) is 11.5 Å². The Morgan fingerprint density at radius 1 is 0.950 bits per heavy atom. The number of aromatic hydroxyl groups is 1. The third-order valence-electron chi connectivity index (χ3n) is 8.74. The van der Waals surface area contributed by atoms with Crippen LogP contribution in [0.4, 0.5) is 0 Å². The molecule has 1 aliphatic carbocycles. The second kappa shape index (κ2) is 12.0. The minimum absolute atomic E-state index is 0.0801. The van der Waals surface area contributed by atoms with E-state index < -0.39 is 6.41 Å². The molecule has 3 unspecified atom stereocenters. The van der Waals surface area contributed by atoms with E-state index in [-0.39, 0.29) is 17.8 Å². The molecular weight excluding hydrogens is 520 g/mol. The fourth-order valence-corrected chi connectivity index (χ4v) is 7.75. The second-order valence-corrected chi connectivity index (χ2v) is 12.4. The average Bonchev–Trinajstić information content (AvgIpc) is 3.73. The fraction of sp³-hybridized carbons (Fsp3) is 0.455. The van der Waals surface area contributed by atoms with Crippen molar-refractivity contribution < 1.29 is 19.7 Å². The van der Waals surface area contributed by atoms with Gasteiger partial charge in [0.05, 0.1) is 6.10 Å². The van der Waals surface area contributed by atoms with Crippen LogP contribution in [0.2, 0.25) is 0 Å². The van der Waals surface area contributed by atoms with E-state index in [2.05, 4.69) is 36.1 Å². The van der Waals surface area contributed by atoms with Crippen LogP contribution >= 0.6 is 11.3 Å². The predicted molar refractivity (Wildman–Crippen MR) is 162 cm³/mol. The molecule has 0 amide bonds. The molecule has 2 N–H and O–H groups in total. The Balaban J connectivity index is 1.29. The van der Waals surface area contributed by atoms with Crippen LogP contribution in [0.25, 0.3) is 20.5 Å². The third-order valence-corrected chi connectivity index (χ3v) is 9.99. The normalized spacial score (nSPS) is 23.0. The number of methoxy groups -OCH3 is 1. The number of fused-ring (bicyclic) bond motifs is 1. The highest BCUT2D eigenvalue weighted by molar-refractivity contribution is 7.22. The first kappa shape index (κ1) is 27.5. The summed E-state index contributed by atoms with van der Waals surface area (Å²) in [6, 6.07) is 13.7. The first-order valence-electron chi connectivity index (χ1n) is 14.6. The lowest BCUT2D eigenvalue weighted by Crippen LogP contribution is -2.37. The molecule has 0 saturated carbocycles. The quantitative estimate of drug-likeness (QED) is 0.305. The third kappa shape index (κ3) is 5.71. The standard InChI is InChI=1S/C33H40N2O4S/c1-22-24(7-8-25(31(22)38-2)21-34-15-3-4-16-34)19-29-28-14-11-26(36)20-30(28)40-32(29)23-9-12-27(13-10-23)39-33(37)35-17-5-6-18-35/h7-14,20,22,31,33,36-37H,3-6,15-19,21H2,1-2H3. The first-order chi connectivity index (χ1) is 19.5. The van der Waals surface area contributed by atoms with E-state index in [1.807, 2.05) is 36.3 Å². The summed E-state index contributed by atoms with van der Waals surface area (Å²) in [7, 11) is 1.83. The molecule has 2 fully saturated rings. The molecule has 1 aromatic heterocycles. The summed E-state index contributed by atoms with van der Waals surface area (Å²) in [5.74, 6) is 1.21. The van der Waals surface area contributed by atoms with Gasteiger partial charge in [0, 0.05) is 42.2 Å². The number of ether oxygens (including phenoxy) is 2. The summed E-state index contributed by atoms with van der Waals surface area (Å²) in [5.41, 5.74) is 5.11.